The van der Waals surface area contributed by atoms with E-state index < -0.39 is 0 Å². The molecule has 0 radical (unpaired) electrons. The number of hydrogen-bond donors (Lipinski definition) is 0. The van der Waals surface area contributed by atoms with Crippen LogP contribution in [0.4, 0.5) is 4.39 Å². The van der Waals surface area contributed by atoms with E-state index in [0.29, 0.717) is 4.47 Å². The summed E-state index contributed by atoms with van der Waals surface area (Å²) in [5, 5.41) is 0. The topological polar surface area (TPSA) is 6.48 Å². The van der Waals surface area contributed by atoms with Gasteiger partial charge in [-0.1, -0.05) is 28.1 Å². The Morgan fingerprint density at radius 3 is 2.65 bits per heavy atom. The van der Waals surface area contributed by atoms with Crippen molar-refractivity contribution in [1.82, 2.24) is 9.80 Å². The van der Waals surface area contributed by atoms with Gasteiger partial charge in [0, 0.05) is 23.8 Å². The van der Waals surface area contributed by atoms with Gasteiger partial charge in [0.05, 0.1) is 10.5 Å². The molecule has 0 fully saturated rings. The van der Waals surface area contributed by atoms with Gasteiger partial charge >= 0.3 is 0 Å². The number of likely N-dealkylation sites (N-methyl/N-ethyl adjacent to an activating group) is 1. The first-order valence-corrected chi connectivity index (χ1v) is 7.95. The molecule has 1 unspecified atom stereocenters. The van der Waals surface area contributed by atoms with Crippen LogP contribution in [0.25, 0.3) is 0 Å². The fourth-order valence-corrected chi connectivity index (χ4v) is 2.85. The van der Waals surface area contributed by atoms with Crippen molar-refractivity contribution in [2.24, 2.45) is 0 Å². The maximum atomic E-state index is 13.4. The minimum absolute atomic E-state index is 0.190. The average molecular weight is 404 g/mol. The van der Waals surface area contributed by atoms with Gasteiger partial charge in [0.25, 0.3) is 0 Å². The van der Waals surface area contributed by atoms with E-state index in [-0.39, 0.29) is 11.9 Å². The lowest BCUT2D eigenvalue weighted by molar-refractivity contribution is 0.235. The Labute approximate surface area is 136 Å². The van der Waals surface area contributed by atoms with Gasteiger partial charge in [0.15, 0.2) is 0 Å². The molecule has 108 valence electrons. The van der Waals surface area contributed by atoms with Gasteiger partial charge < -0.3 is 9.80 Å². The molecule has 0 amide bonds. The third kappa shape index (κ3) is 3.93. The Morgan fingerprint density at radius 1 is 1.35 bits per heavy atom. The number of halogens is 3. The average Bonchev–Trinajstić information content (AvgIpc) is 2.40. The first kappa shape index (κ1) is 15.7. The highest BCUT2D eigenvalue weighted by atomic mass is 79.9. The fourth-order valence-electron chi connectivity index (χ4n) is 2.19. The summed E-state index contributed by atoms with van der Waals surface area (Å²) in [6, 6.07) is 5.43. The molecule has 1 atom stereocenters. The van der Waals surface area contributed by atoms with Crippen molar-refractivity contribution < 1.29 is 4.39 Å². The summed E-state index contributed by atoms with van der Waals surface area (Å²) in [7, 11) is 4.09. The van der Waals surface area contributed by atoms with E-state index in [0.717, 1.165) is 23.1 Å². The summed E-state index contributed by atoms with van der Waals surface area (Å²) >= 11 is 6.74. The second-order valence-corrected chi connectivity index (χ2v) is 6.82. The van der Waals surface area contributed by atoms with Crippen LogP contribution in [-0.2, 0) is 0 Å². The molecule has 0 N–H and O–H groups in total. The van der Waals surface area contributed by atoms with E-state index in [2.05, 4.69) is 53.9 Å². The maximum absolute atomic E-state index is 13.4. The zero-order valence-electron chi connectivity index (χ0n) is 11.5. The van der Waals surface area contributed by atoms with E-state index in [9.17, 15) is 4.39 Å². The normalized spacial score (nSPS) is 16.5. The summed E-state index contributed by atoms with van der Waals surface area (Å²) in [5.41, 5.74) is 1.10. The summed E-state index contributed by atoms with van der Waals surface area (Å²) in [6.07, 6.45) is 6.24. The van der Waals surface area contributed by atoms with E-state index >= 15 is 0 Å². The lowest BCUT2D eigenvalue weighted by Gasteiger charge is -2.34. The van der Waals surface area contributed by atoms with Crippen LogP contribution in [0.5, 0.6) is 0 Å². The summed E-state index contributed by atoms with van der Waals surface area (Å²) in [5.74, 6) is -0.228. The zero-order valence-corrected chi connectivity index (χ0v) is 14.7. The van der Waals surface area contributed by atoms with Crippen LogP contribution in [0, 0.1) is 5.82 Å². The van der Waals surface area contributed by atoms with E-state index in [1.54, 1.807) is 0 Å². The Morgan fingerprint density at radius 2 is 2.10 bits per heavy atom. The van der Waals surface area contributed by atoms with Crippen molar-refractivity contribution in [2.45, 2.75) is 6.04 Å². The third-order valence-electron chi connectivity index (χ3n) is 3.19. The van der Waals surface area contributed by atoms with Crippen molar-refractivity contribution >= 4 is 31.9 Å². The Kier molecular flexibility index (Phi) is 5.41. The SMILES string of the molecule is CN(C)CC(c1ccc(F)c(Br)c1)N1C=CC(Br)=CC1. The second kappa shape index (κ2) is 6.87. The molecule has 1 heterocycles. The molecule has 1 aliphatic rings. The highest BCUT2D eigenvalue weighted by Gasteiger charge is 2.20. The molecular weight excluding hydrogens is 387 g/mol. The van der Waals surface area contributed by atoms with Crippen LogP contribution in [0.15, 0.2) is 45.5 Å². The van der Waals surface area contributed by atoms with Gasteiger partial charge in [0.2, 0.25) is 0 Å². The van der Waals surface area contributed by atoms with Gasteiger partial charge in [-0.05, 0) is 53.8 Å². The molecule has 2 rings (SSSR count). The van der Waals surface area contributed by atoms with Gasteiger partial charge in [-0.3, -0.25) is 0 Å². The minimum Gasteiger partial charge on any atom is -0.365 e. The monoisotopic (exact) mass is 402 g/mol. The molecule has 0 aromatic heterocycles. The molecule has 1 aromatic carbocycles. The molecule has 0 saturated carbocycles. The van der Waals surface area contributed by atoms with Crippen LogP contribution < -0.4 is 0 Å². The quantitative estimate of drug-likeness (QED) is 0.739. The number of hydrogen-bond acceptors (Lipinski definition) is 2. The molecule has 0 saturated heterocycles. The second-order valence-electron chi connectivity index (χ2n) is 5.05. The highest BCUT2D eigenvalue weighted by molar-refractivity contribution is 9.12. The van der Waals surface area contributed by atoms with Crippen LogP contribution in [0.1, 0.15) is 11.6 Å². The van der Waals surface area contributed by atoms with Crippen LogP contribution in [0.3, 0.4) is 0 Å². The van der Waals surface area contributed by atoms with Crippen molar-refractivity contribution in [2.75, 3.05) is 27.2 Å². The predicted molar refractivity (Wildman–Crippen MR) is 88.3 cm³/mol. The first-order chi connectivity index (χ1) is 9.47. The first-order valence-electron chi connectivity index (χ1n) is 6.36. The van der Waals surface area contributed by atoms with Crippen LogP contribution >= 0.6 is 31.9 Å². The van der Waals surface area contributed by atoms with E-state index in [4.69, 9.17) is 0 Å². The van der Waals surface area contributed by atoms with Crippen molar-refractivity contribution in [3.05, 3.63) is 56.9 Å². The standard InChI is InChI=1S/C15H17Br2FN2/c1-19(2)10-15(20-7-5-12(16)6-8-20)11-3-4-14(18)13(17)9-11/h3-7,9,15H,8,10H2,1-2H3. The molecule has 0 bridgehead atoms. The minimum atomic E-state index is -0.228. The van der Waals surface area contributed by atoms with E-state index in [1.807, 2.05) is 32.3 Å². The molecule has 2 nitrogen and oxygen atoms in total. The molecule has 5 heteroatoms. The van der Waals surface area contributed by atoms with Crippen molar-refractivity contribution in [3.8, 4) is 0 Å². The molecule has 0 spiro atoms. The lowest BCUT2D eigenvalue weighted by Crippen LogP contribution is -2.33. The maximum Gasteiger partial charge on any atom is 0.137 e. The summed E-state index contributed by atoms with van der Waals surface area (Å²) in [4.78, 5) is 4.40. The molecular formula is C15H17Br2FN2. The molecule has 20 heavy (non-hydrogen) atoms. The van der Waals surface area contributed by atoms with Gasteiger partial charge in [-0.2, -0.15) is 0 Å². The Hall–Kier alpha value is -0.650. The Bertz CT molecular complexity index is 541. The third-order valence-corrected chi connectivity index (χ3v) is 4.38. The van der Waals surface area contributed by atoms with E-state index in [1.165, 1.54) is 6.07 Å². The van der Waals surface area contributed by atoms with Gasteiger partial charge in [0.1, 0.15) is 5.82 Å². The zero-order chi connectivity index (χ0) is 14.7. The number of allylic oxidation sites excluding steroid dienone is 2. The largest absolute Gasteiger partial charge is 0.365 e. The lowest BCUT2D eigenvalue weighted by atomic mass is 10.0. The van der Waals surface area contributed by atoms with Gasteiger partial charge in [-0.15, -0.1) is 0 Å². The summed E-state index contributed by atoms with van der Waals surface area (Å²) < 4.78 is 15.0. The fraction of sp³-hybridized carbons (Fsp3) is 0.333. The Balaban J connectivity index is 2.27. The number of benzene rings is 1. The molecule has 1 aliphatic heterocycles. The van der Waals surface area contributed by atoms with Gasteiger partial charge in [-0.25, -0.2) is 4.39 Å². The van der Waals surface area contributed by atoms with Crippen molar-refractivity contribution in [3.63, 3.8) is 0 Å². The van der Waals surface area contributed by atoms with Crippen LogP contribution in [0.2, 0.25) is 0 Å². The molecule has 0 aliphatic carbocycles. The highest BCUT2D eigenvalue weighted by Crippen LogP contribution is 2.28. The predicted octanol–water partition coefficient (Wildman–Crippen LogP) is 4.30. The van der Waals surface area contributed by atoms with Crippen molar-refractivity contribution in [1.29, 1.82) is 0 Å². The van der Waals surface area contributed by atoms with Crippen LogP contribution in [-0.4, -0.2) is 37.0 Å². The number of rotatable bonds is 4. The smallest absolute Gasteiger partial charge is 0.137 e. The summed E-state index contributed by atoms with van der Waals surface area (Å²) in [6.45, 7) is 1.71. The molecule has 1 aromatic rings. The number of nitrogens with zero attached hydrogens (tertiary/aromatic N) is 2.